The van der Waals surface area contributed by atoms with Gasteiger partial charge in [-0.1, -0.05) is 30.4 Å². The van der Waals surface area contributed by atoms with E-state index in [2.05, 4.69) is 0 Å². The number of carboxylic acid groups (broad SMARTS) is 2. The van der Waals surface area contributed by atoms with Crippen molar-refractivity contribution in [1.29, 1.82) is 0 Å². The van der Waals surface area contributed by atoms with Crippen LogP contribution in [0.15, 0.2) is 36.4 Å². The van der Waals surface area contributed by atoms with Crippen LogP contribution >= 0.6 is 0 Å². The van der Waals surface area contributed by atoms with Gasteiger partial charge < -0.3 is 21.7 Å². The van der Waals surface area contributed by atoms with Crippen LogP contribution in [0.4, 0.5) is 11.4 Å². The number of benzene rings is 1. The Morgan fingerprint density at radius 2 is 1.80 bits per heavy atom. The molecule has 0 atom stereocenters. The summed E-state index contributed by atoms with van der Waals surface area (Å²) < 4.78 is 0. The largest absolute Gasteiger partial charge is 0.480 e. The van der Waals surface area contributed by atoms with Gasteiger partial charge in [-0.05, 0) is 18.1 Å². The van der Waals surface area contributed by atoms with Gasteiger partial charge in [0.05, 0.1) is 11.4 Å². The van der Waals surface area contributed by atoms with Crippen molar-refractivity contribution in [2.45, 2.75) is 6.42 Å². The van der Waals surface area contributed by atoms with Crippen LogP contribution in [0, 0.1) is 5.41 Å². The van der Waals surface area contributed by atoms with Crippen LogP contribution in [0.1, 0.15) is 12.0 Å². The molecule has 0 bridgehead atoms. The molecule has 1 aromatic rings. The molecule has 1 aliphatic carbocycles. The highest BCUT2D eigenvalue weighted by Crippen LogP contribution is 2.44. The quantitative estimate of drug-likeness (QED) is 0.486. The lowest BCUT2D eigenvalue weighted by Crippen LogP contribution is -2.41. The van der Waals surface area contributed by atoms with Crippen LogP contribution in [-0.2, 0) is 9.59 Å². The highest BCUT2D eigenvalue weighted by atomic mass is 16.4. The van der Waals surface area contributed by atoms with Crippen LogP contribution in [0.3, 0.4) is 0 Å². The lowest BCUT2D eigenvalue weighted by molar-refractivity contribution is -0.159. The van der Waals surface area contributed by atoms with E-state index < -0.39 is 17.4 Å². The van der Waals surface area contributed by atoms with Gasteiger partial charge in [-0.15, -0.1) is 0 Å². The molecule has 0 amide bonds. The standard InChI is InChI=1S/C14H14N2O4/c15-10-6-3-4-8(11(10)16)9-5-1-2-7-14(9,12(17)18)13(19)20/h1-6H,7,15-16H2,(H,17,18)(H,19,20). The second kappa shape index (κ2) is 4.73. The lowest BCUT2D eigenvalue weighted by atomic mass is 9.71. The number of hydrogen-bond donors (Lipinski definition) is 4. The van der Waals surface area contributed by atoms with Gasteiger partial charge in [0.2, 0.25) is 0 Å². The van der Waals surface area contributed by atoms with E-state index in [0.29, 0.717) is 5.56 Å². The van der Waals surface area contributed by atoms with Gasteiger partial charge in [0.25, 0.3) is 0 Å². The van der Waals surface area contributed by atoms with Gasteiger partial charge in [-0.3, -0.25) is 9.59 Å². The number of carboxylic acids is 2. The SMILES string of the molecule is Nc1cccc(C2=CC=CCC2(C(=O)O)C(=O)O)c1N. The zero-order valence-corrected chi connectivity index (χ0v) is 10.5. The Bertz CT molecular complexity index is 633. The van der Waals surface area contributed by atoms with Crippen molar-refractivity contribution >= 4 is 28.9 Å². The van der Waals surface area contributed by atoms with E-state index in [1.165, 1.54) is 12.2 Å². The number of para-hydroxylation sites is 1. The van der Waals surface area contributed by atoms with Gasteiger partial charge in [0, 0.05) is 5.56 Å². The summed E-state index contributed by atoms with van der Waals surface area (Å²) in [7, 11) is 0. The Morgan fingerprint density at radius 1 is 1.15 bits per heavy atom. The maximum atomic E-state index is 11.6. The highest BCUT2D eigenvalue weighted by molar-refractivity contribution is 6.13. The van der Waals surface area contributed by atoms with Crippen molar-refractivity contribution in [1.82, 2.24) is 0 Å². The molecular weight excluding hydrogens is 260 g/mol. The summed E-state index contributed by atoms with van der Waals surface area (Å²) in [6.07, 6.45) is 4.44. The molecule has 20 heavy (non-hydrogen) atoms. The Hall–Kier alpha value is -2.76. The van der Waals surface area contributed by atoms with E-state index in [-0.39, 0.29) is 23.4 Å². The third-order valence-corrected chi connectivity index (χ3v) is 3.44. The van der Waals surface area contributed by atoms with E-state index in [0.717, 1.165) is 0 Å². The Labute approximate surface area is 115 Å². The van der Waals surface area contributed by atoms with Gasteiger partial charge >= 0.3 is 11.9 Å². The Morgan fingerprint density at radius 3 is 2.40 bits per heavy atom. The number of hydrogen-bond acceptors (Lipinski definition) is 4. The normalized spacial score (nSPS) is 16.5. The average molecular weight is 274 g/mol. The summed E-state index contributed by atoms with van der Waals surface area (Å²) in [5.74, 6) is -2.86. The molecule has 0 unspecified atom stereocenters. The van der Waals surface area contributed by atoms with Gasteiger partial charge in [-0.2, -0.15) is 0 Å². The van der Waals surface area contributed by atoms with Crippen molar-refractivity contribution in [3.05, 3.63) is 42.0 Å². The number of aliphatic carboxylic acids is 2. The van der Waals surface area contributed by atoms with Gasteiger partial charge in [0.1, 0.15) is 0 Å². The minimum Gasteiger partial charge on any atom is -0.480 e. The van der Waals surface area contributed by atoms with Crippen molar-refractivity contribution in [3.8, 4) is 0 Å². The fraction of sp³-hybridized carbons (Fsp3) is 0.143. The summed E-state index contributed by atoms with van der Waals surface area (Å²) in [5, 5.41) is 18.8. The minimum atomic E-state index is -2.04. The number of nitrogens with two attached hydrogens (primary N) is 2. The molecule has 0 heterocycles. The zero-order valence-electron chi connectivity index (χ0n) is 10.5. The number of anilines is 2. The monoisotopic (exact) mass is 274 g/mol. The number of rotatable bonds is 3. The molecular formula is C14H14N2O4. The van der Waals surface area contributed by atoms with Crippen LogP contribution in [0.25, 0.3) is 5.57 Å². The first-order valence-electron chi connectivity index (χ1n) is 5.89. The number of carbonyl (C=O) groups is 2. The van der Waals surface area contributed by atoms with E-state index in [4.69, 9.17) is 11.5 Å². The molecule has 6 nitrogen and oxygen atoms in total. The summed E-state index contributed by atoms with van der Waals surface area (Å²) in [6, 6.07) is 4.74. The first kappa shape index (κ1) is 13.7. The van der Waals surface area contributed by atoms with Crippen molar-refractivity contribution in [2.24, 2.45) is 5.41 Å². The topological polar surface area (TPSA) is 127 Å². The molecule has 0 saturated carbocycles. The second-order valence-electron chi connectivity index (χ2n) is 4.54. The fourth-order valence-corrected chi connectivity index (χ4v) is 2.30. The molecule has 6 N–H and O–H groups in total. The first-order valence-corrected chi connectivity index (χ1v) is 5.89. The smallest absolute Gasteiger partial charge is 0.325 e. The summed E-state index contributed by atoms with van der Waals surface area (Å²) in [6.45, 7) is 0. The molecule has 0 fully saturated rings. The Balaban J connectivity index is 2.71. The van der Waals surface area contributed by atoms with Gasteiger partial charge in [-0.25, -0.2) is 0 Å². The first-order chi connectivity index (χ1) is 9.41. The molecule has 0 saturated heterocycles. The number of allylic oxidation sites excluding steroid dienone is 3. The van der Waals surface area contributed by atoms with Crippen LogP contribution in [-0.4, -0.2) is 22.2 Å². The molecule has 1 aromatic carbocycles. The van der Waals surface area contributed by atoms with Crippen LogP contribution in [0.5, 0.6) is 0 Å². The Kier molecular flexibility index (Phi) is 3.23. The van der Waals surface area contributed by atoms with E-state index in [9.17, 15) is 19.8 Å². The summed E-state index contributed by atoms with van der Waals surface area (Å²) >= 11 is 0. The van der Waals surface area contributed by atoms with E-state index in [1.54, 1.807) is 24.3 Å². The maximum absolute atomic E-state index is 11.6. The van der Waals surface area contributed by atoms with E-state index in [1.807, 2.05) is 0 Å². The number of nitrogen functional groups attached to an aromatic ring is 2. The van der Waals surface area contributed by atoms with E-state index >= 15 is 0 Å². The minimum absolute atomic E-state index is 0.129. The summed E-state index contributed by atoms with van der Waals surface area (Å²) in [5.41, 5.74) is 10.4. The predicted octanol–water partition coefficient (Wildman–Crippen LogP) is 1.35. The van der Waals surface area contributed by atoms with Gasteiger partial charge in [0.15, 0.2) is 5.41 Å². The molecule has 0 aromatic heterocycles. The molecule has 0 spiro atoms. The van der Waals surface area contributed by atoms with Crippen molar-refractivity contribution in [2.75, 3.05) is 11.5 Å². The third kappa shape index (κ3) is 1.82. The second-order valence-corrected chi connectivity index (χ2v) is 4.54. The molecule has 0 aliphatic heterocycles. The molecule has 6 heteroatoms. The highest BCUT2D eigenvalue weighted by Gasteiger charge is 2.50. The van der Waals surface area contributed by atoms with Crippen molar-refractivity contribution in [3.63, 3.8) is 0 Å². The van der Waals surface area contributed by atoms with Crippen molar-refractivity contribution < 1.29 is 19.8 Å². The third-order valence-electron chi connectivity index (χ3n) is 3.44. The predicted molar refractivity (Wildman–Crippen MR) is 74.7 cm³/mol. The molecule has 1 aliphatic rings. The fourth-order valence-electron chi connectivity index (χ4n) is 2.30. The van der Waals surface area contributed by atoms with Crippen LogP contribution < -0.4 is 11.5 Å². The maximum Gasteiger partial charge on any atom is 0.325 e. The van der Waals surface area contributed by atoms with Crippen LogP contribution in [0.2, 0.25) is 0 Å². The average Bonchev–Trinajstić information content (AvgIpc) is 2.41. The summed E-state index contributed by atoms with van der Waals surface area (Å²) in [4.78, 5) is 23.1. The molecule has 2 rings (SSSR count). The molecule has 0 radical (unpaired) electrons. The molecule has 104 valence electrons. The lowest BCUT2D eigenvalue weighted by Gasteiger charge is -2.29. The zero-order chi connectivity index (χ0) is 14.9.